The highest BCUT2D eigenvalue weighted by Gasteiger charge is 2.20. The summed E-state index contributed by atoms with van der Waals surface area (Å²) >= 11 is 3.52. The van der Waals surface area contributed by atoms with E-state index in [2.05, 4.69) is 26.8 Å². The van der Waals surface area contributed by atoms with E-state index in [1.165, 1.54) is 0 Å². The van der Waals surface area contributed by atoms with Crippen LogP contribution in [0.1, 0.15) is 26.3 Å². The molecule has 0 bridgehead atoms. The Kier molecular flexibility index (Phi) is 8.42. The fraction of sp³-hybridized carbons (Fsp3) is 0.350. The number of anilines is 1. The van der Waals surface area contributed by atoms with Crippen molar-refractivity contribution in [2.45, 2.75) is 33.4 Å². The van der Waals surface area contributed by atoms with Crippen LogP contribution in [0, 0.1) is 0 Å². The number of carbonyl (C=O) groups is 1. The number of nitrogens with one attached hydrogen (secondary N) is 2. The molecule has 0 saturated heterocycles. The molecule has 7 heteroatoms. The Hall–Kier alpha value is -2.25. The maximum absolute atomic E-state index is 11.8. The molecule has 2 N–H and O–H groups in total. The van der Waals surface area contributed by atoms with Gasteiger partial charge in [-0.15, -0.1) is 0 Å². The van der Waals surface area contributed by atoms with Gasteiger partial charge in [0.05, 0.1) is 17.7 Å². The molecule has 0 aliphatic carbocycles. The average molecular weight is 437 g/mol. The van der Waals surface area contributed by atoms with E-state index in [9.17, 15) is 4.79 Å². The van der Waals surface area contributed by atoms with Crippen LogP contribution in [0.25, 0.3) is 0 Å². The number of para-hydroxylation sites is 1. The summed E-state index contributed by atoms with van der Waals surface area (Å²) in [7, 11) is 0. The van der Waals surface area contributed by atoms with Crippen molar-refractivity contribution in [3.05, 3.63) is 52.5 Å². The van der Waals surface area contributed by atoms with Crippen LogP contribution in [0.3, 0.4) is 0 Å². The lowest BCUT2D eigenvalue weighted by atomic mass is 10.2. The van der Waals surface area contributed by atoms with Gasteiger partial charge < -0.3 is 19.6 Å². The van der Waals surface area contributed by atoms with Gasteiger partial charge in [0.15, 0.2) is 17.6 Å². The zero-order valence-electron chi connectivity index (χ0n) is 15.8. The van der Waals surface area contributed by atoms with E-state index in [0.29, 0.717) is 35.7 Å². The molecule has 1 unspecified atom stereocenters. The van der Waals surface area contributed by atoms with Crippen molar-refractivity contribution in [1.82, 2.24) is 5.43 Å². The lowest BCUT2D eigenvalue weighted by Gasteiger charge is -2.19. The first kappa shape index (κ1) is 21.1. The Labute approximate surface area is 168 Å². The van der Waals surface area contributed by atoms with Gasteiger partial charge in [-0.2, -0.15) is 0 Å². The molecule has 0 aromatic heterocycles. The summed E-state index contributed by atoms with van der Waals surface area (Å²) in [5, 5.41) is 0. The van der Waals surface area contributed by atoms with Gasteiger partial charge in [-0.25, -0.2) is 10.2 Å². The topological polar surface area (TPSA) is 68.8 Å². The van der Waals surface area contributed by atoms with Crippen molar-refractivity contribution in [3.8, 4) is 11.5 Å². The molecule has 2 rings (SSSR count). The molecule has 1 atom stereocenters. The molecular weight excluding hydrogens is 412 g/mol. The summed E-state index contributed by atoms with van der Waals surface area (Å²) in [6.45, 7) is 6.67. The minimum absolute atomic E-state index is 0.311. The first-order valence-electron chi connectivity index (χ1n) is 8.87. The van der Waals surface area contributed by atoms with Crippen molar-refractivity contribution in [1.29, 1.82) is 0 Å². The van der Waals surface area contributed by atoms with Crippen LogP contribution >= 0.6 is 15.9 Å². The minimum Gasteiger partial charge on any atom is -0.490 e. The maximum Gasteiger partial charge on any atom is 0.347 e. The third-order valence-corrected chi connectivity index (χ3v) is 4.17. The maximum atomic E-state index is 11.8. The lowest BCUT2D eigenvalue weighted by molar-refractivity contribution is -0.150. The summed E-state index contributed by atoms with van der Waals surface area (Å²) in [5.74, 6) is 0.640. The van der Waals surface area contributed by atoms with Gasteiger partial charge in [0.25, 0.3) is 0 Å². The molecule has 0 spiro atoms. The third-order valence-electron chi connectivity index (χ3n) is 3.58. The van der Waals surface area contributed by atoms with Crippen LogP contribution < -0.4 is 20.3 Å². The highest BCUT2D eigenvalue weighted by atomic mass is 79.9. The molecule has 6 nitrogen and oxygen atoms in total. The number of rotatable bonds is 10. The van der Waals surface area contributed by atoms with E-state index in [1.807, 2.05) is 49.4 Å². The highest BCUT2D eigenvalue weighted by molar-refractivity contribution is 9.10. The Balaban J connectivity index is 2.08. The standard InChI is InChI=1S/C20H25BrN2O4/c1-4-25-18-12-15(13-22-23-16-9-7-6-8-10-16)11-17(21)19(18)27-14(3)20(24)26-5-2/h6-12,14,22-23H,4-5,13H2,1-3H3. The first-order valence-corrected chi connectivity index (χ1v) is 9.66. The van der Waals surface area contributed by atoms with E-state index in [0.717, 1.165) is 11.3 Å². The molecular formula is C20H25BrN2O4. The Morgan fingerprint density at radius 1 is 1.15 bits per heavy atom. The van der Waals surface area contributed by atoms with Crippen molar-refractivity contribution in [2.75, 3.05) is 18.6 Å². The molecule has 0 saturated carbocycles. The van der Waals surface area contributed by atoms with Crippen molar-refractivity contribution >= 4 is 27.6 Å². The average Bonchev–Trinajstić information content (AvgIpc) is 2.65. The Bertz CT molecular complexity index is 740. The lowest BCUT2D eigenvalue weighted by Crippen LogP contribution is -2.26. The monoisotopic (exact) mass is 436 g/mol. The van der Waals surface area contributed by atoms with Gasteiger partial charge >= 0.3 is 5.97 Å². The molecule has 2 aromatic carbocycles. The quantitative estimate of drug-likeness (QED) is 0.427. The summed E-state index contributed by atoms with van der Waals surface area (Å²) < 4.78 is 17.2. The van der Waals surface area contributed by atoms with Gasteiger partial charge in [-0.3, -0.25) is 0 Å². The summed E-state index contributed by atoms with van der Waals surface area (Å²) in [6, 6.07) is 13.7. The first-order chi connectivity index (χ1) is 13.0. The SMILES string of the molecule is CCOC(=O)C(C)Oc1c(Br)cc(CNNc2ccccc2)cc1OCC. The van der Waals surface area contributed by atoms with Crippen LogP contribution in [0.2, 0.25) is 0 Å². The number of halogens is 1. The number of esters is 1. The van der Waals surface area contributed by atoms with E-state index < -0.39 is 12.1 Å². The largest absolute Gasteiger partial charge is 0.490 e. The zero-order valence-corrected chi connectivity index (χ0v) is 17.3. The van der Waals surface area contributed by atoms with E-state index in [-0.39, 0.29) is 0 Å². The van der Waals surface area contributed by atoms with Crippen LogP contribution in [0.5, 0.6) is 11.5 Å². The molecule has 0 radical (unpaired) electrons. The third kappa shape index (κ3) is 6.45. The Morgan fingerprint density at radius 3 is 2.56 bits per heavy atom. The highest BCUT2D eigenvalue weighted by Crippen LogP contribution is 2.37. The predicted molar refractivity (Wildman–Crippen MR) is 109 cm³/mol. The van der Waals surface area contributed by atoms with Gasteiger partial charge in [0, 0.05) is 12.2 Å². The molecule has 0 amide bonds. The number of hydrogen-bond donors (Lipinski definition) is 2. The second-order valence-electron chi connectivity index (χ2n) is 5.69. The van der Waals surface area contributed by atoms with E-state index in [1.54, 1.807) is 13.8 Å². The number of hydrogen-bond acceptors (Lipinski definition) is 6. The summed E-state index contributed by atoms with van der Waals surface area (Å²) in [6.07, 6.45) is -0.732. The smallest absolute Gasteiger partial charge is 0.347 e. The fourth-order valence-electron chi connectivity index (χ4n) is 2.36. The van der Waals surface area contributed by atoms with Gasteiger partial charge in [-0.1, -0.05) is 18.2 Å². The molecule has 27 heavy (non-hydrogen) atoms. The van der Waals surface area contributed by atoms with Crippen LogP contribution in [0.15, 0.2) is 46.9 Å². The second kappa shape index (κ2) is 10.8. The van der Waals surface area contributed by atoms with E-state index >= 15 is 0 Å². The van der Waals surface area contributed by atoms with Gasteiger partial charge in [-0.05, 0) is 66.5 Å². The molecule has 146 valence electrons. The van der Waals surface area contributed by atoms with Crippen LogP contribution in [-0.2, 0) is 16.1 Å². The molecule has 0 aliphatic rings. The number of hydrazine groups is 1. The van der Waals surface area contributed by atoms with Crippen LogP contribution in [0.4, 0.5) is 5.69 Å². The summed E-state index contributed by atoms with van der Waals surface area (Å²) in [4.78, 5) is 11.8. The normalized spacial score (nSPS) is 11.6. The Morgan fingerprint density at radius 2 is 1.89 bits per heavy atom. The zero-order chi connectivity index (χ0) is 19.6. The molecule has 0 aliphatic heterocycles. The molecule has 0 heterocycles. The number of ether oxygens (including phenoxy) is 3. The number of benzene rings is 2. The van der Waals surface area contributed by atoms with Crippen LogP contribution in [-0.4, -0.2) is 25.3 Å². The van der Waals surface area contributed by atoms with Crippen molar-refractivity contribution < 1.29 is 19.0 Å². The fourth-order valence-corrected chi connectivity index (χ4v) is 2.94. The molecule has 2 aromatic rings. The molecule has 0 fully saturated rings. The minimum atomic E-state index is -0.732. The summed E-state index contributed by atoms with van der Waals surface area (Å²) in [5.41, 5.74) is 8.28. The number of carbonyl (C=O) groups excluding carboxylic acids is 1. The van der Waals surface area contributed by atoms with Crippen molar-refractivity contribution in [3.63, 3.8) is 0 Å². The van der Waals surface area contributed by atoms with Gasteiger partial charge in [0.2, 0.25) is 0 Å². The van der Waals surface area contributed by atoms with Crippen molar-refractivity contribution in [2.24, 2.45) is 0 Å². The van der Waals surface area contributed by atoms with E-state index in [4.69, 9.17) is 14.2 Å². The second-order valence-corrected chi connectivity index (χ2v) is 6.55. The predicted octanol–water partition coefficient (Wildman–Crippen LogP) is 4.29. The van der Waals surface area contributed by atoms with Gasteiger partial charge in [0.1, 0.15) is 0 Å².